The van der Waals surface area contributed by atoms with Crippen molar-refractivity contribution >= 4 is 28.0 Å². The number of rotatable bonds is 5. The second-order valence-electron chi connectivity index (χ2n) is 4.90. The Kier molecular flexibility index (Phi) is 4.29. The highest BCUT2D eigenvalue weighted by molar-refractivity contribution is 7.09. The molecule has 1 amide bonds. The van der Waals surface area contributed by atoms with Gasteiger partial charge in [-0.3, -0.25) is 9.59 Å². The van der Waals surface area contributed by atoms with Gasteiger partial charge < -0.3 is 5.32 Å². The minimum atomic E-state index is -0.219. The van der Waals surface area contributed by atoms with Crippen LogP contribution < -0.4 is 10.9 Å². The maximum absolute atomic E-state index is 11.9. The minimum Gasteiger partial charge on any atom is -0.350 e. The summed E-state index contributed by atoms with van der Waals surface area (Å²) in [6.45, 7) is 0.306. The van der Waals surface area contributed by atoms with Gasteiger partial charge in [0.25, 0.3) is 5.56 Å². The van der Waals surface area contributed by atoms with E-state index in [9.17, 15) is 9.59 Å². The molecule has 6 heteroatoms. The molecule has 0 saturated heterocycles. The Morgan fingerprint density at radius 3 is 2.77 bits per heavy atom. The lowest BCUT2D eigenvalue weighted by Gasteiger charge is -2.06. The van der Waals surface area contributed by atoms with Gasteiger partial charge in [0.05, 0.1) is 17.6 Å². The molecule has 2 N–H and O–H groups in total. The van der Waals surface area contributed by atoms with E-state index >= 15 is 0 Å². The quantitative estimate of drug-likeness (QED) is 0.758. The van der Waals surface area contributed by atoms with Crippen molar-refractivity contribution in [3.63, 3.8) is 0 Å². The summed E-state index contributed by atoms with van der Waals surface area (Å²) < 4.78 is 0. The van der Waals surface area contributed by atoms with Crippen molar-refractivity contribution in [2.75, 3.05) is 0 Å². The lowest BCUT2D eigenvalue weighted by molar-refractivity contribution is -0.121. The Morgan fingerprint density at radius 2 is 2.00 bits per heavy atom. The van der Waals surface area contributed by atoms with Crippen molar-refractivity contribution in [2.45, 2.75) is 19.4 Å². The van der Waals surface area contributed by atoms with Crippen LogP contribution in [0.1, 0.15) is 17.0 Å². The molecule has 0 fully saturated rings. The number of aromatic nitrogens is 2. The van der Waals surface area contributed by atoms with E-state index in [-0.39, 0.29) is 11.5 Å². The number of amides is 1. The lowest BCUT2D eigenvalue weighted by Crippen LogP contribution is -2.24. The molecular formula is C16H15N3O2S. The third-order valence-corrected chi connectivity index (χ3v) is 4.34. The molecule has 5 nitrogen and oxygen atoms in total. The smallest absolute Gasteiger partial charge is 0.272 e. The number of H-pyrrole nitrogens is 1. The Labute approximate surface area is 131 Å². The van der Waals surface area contributed by atoms with Crippen LogP contribution in [-0.4, -0.2) is 16.1 Å². The molecule has 0 atom stereocenters. The SMILES string of the molecule is O=C(CCc1cccs1)NCc1n[nH]c(=O)c2ccccc12. The first-order chi connectivity index (χ1) is 10.7. The molecule has 0 spiro atoms. The third kappa shape index (κ3) is 3.23. The second-order valence-corrected chi connectivity index (χ2v) is 5.93. The van der Waals surface area contributed by atoms with Gasteiger partial charge in [-0.25, -0.2) is 5.10 Å². The summed E-state index contributed by atoms with van der Waals surface area (Å²) >= 11 is 1.65. The first-order valence-corrected chi connectivity index (χ1v) is 7.87. The average molecular weight is 313 g/mol. The summed E-state index contributed by atoms with van der Waals surface area (Å²) in [5.74, 6) is -0.0227. The molecule has 0 radical (unpaired) electrons. The maximum atomic E-state index is 11.9. The van der Waals surface area contributed by atoms with E-state index < -0.39 is 0 Å². The van der Waals surface area contributed by atoms with Crippen LogP contribution in [0.4, 0.5) is 0 Å². The van der Waals surface area contributed by atoms with Crippen molar-refractivity contribution in [1.29, 1.82) is 0 Å². The van der Waals surface area contributed by atoms with Gasteiger partial charge in [0.2, 0.25) is 5.91 Å². The van der Waals surface area contributed by atoms with Gasteiger partial charge in [0.15, 0.2) is 0 Å². The Hall–Kier alpha value is -2.47. The zero-order chi connectivity index (χ0) is 15.4. The summed E-state index contributed by atoms with van der Waals surface area (Å²) in [5, 5.41) is 12.7. The first kappa shape index (κ1) is 14.5. The highest BCUT2D eigenvalue weighted by Gasteiger charge is 2.08. The molecule has 0 unspecified atom stereocenters. The van der Waals surface area contributed by atoms with Crippen molar-refractivity contribution < 1.29 is 4.79 Å². The Morgan fingerprint density at radius 1 is 1.18 bits per heavy atom. The topological polar surface area (TPSA) is 74.8 Å². The number of carbonyl (C=O) groups excluding carboxylic acids is 1. The number of aryl methyl sites for hydroxylation is 1. The fourth-order valence-corrected chi connectivity index (χ4v) is 2.98. The largest absolute Gasteiger partial charge is 0.350 e. The standard InChI is InChI=1S/C16H15N3O2S/c20-15(8-7-11-4-3-9-22-11)17-10-14-12-5-1-2-6-13(12)16(21)19-18-14/h1-6,9H,7-8,10H2,(H,17,20)(H,19,21). The van der Waals surface area contributed by atoms with Gasteiger partial charge in [0, 0.05) is 16.7 Å². The van der Waals surface area contributed by atoms with Gasteiger partial charge in [-0.1, -0.05) is 24.3 Å². The van der Waals surface area contributed by atoms with Crippen molar-refractivity contribution in [3.8, 4) is 0 Å². The first-order valence-electron chi connectivity index (χ1n) is 6.99. The van der Waals surface area contributed by atoms with Crippen LogP contribution in [0.25, 0.3) is 10.8 Å². The number of nitrogens with zero attached hydrogens (tertiary/aromatic N) is 1. The molecule has 3 rings (SSSR count). The minimum absolute atomic E-state index is 0.0227. The van der Waals surface area contributed by atoms with Gasteiger partial charge in [-0.05, 0) is 23.9 Å². The molecule has 0 aliphatic heterocycles. The zero-order valence-corrected chi connectivity index (χ0v) is 12.7. The molecule has 22 heavy (non-hydrogen) atoms. The number of nitrogens with one attached hydrogen (secondary N) is 2. The van der Waals surface area contributed by atoms with Gasteiger partial charge in [-0.2, -0.15) is 5.10 Å². The van der Waals surface area contributed by atoms with Crippen LogP contribution in [0.15, 0.2) is 46.6 Å². The number of fused-ring (bicyclic) bond motifs is 1. The molecule has 1 aromatic carbocycles. The monoisotopic (exact) mass is 313 g/mol. The summed E-state index contributed by atoms with van der Waals surface area (Å²) in [4.78, 5) is 24.8. The van der Waals surface area contributed by atoms with E-state index in [4.69, 9.17) is 0 Å². The van der Waals surface area contributed by atoms with E-state index in [0.717, 1.165) is 11.8 Å². The van der Waals surface area contributed by atoms with E-state index in [1.165, 1.54) is 4.88 Å². The van der Waals surface area contributed by atoms with Crippen LogP contribution >= 0.6 is 11.3 Å². The summed E-state index contributed by atoms with van der Waals surface area (Å²) in [6.07, 6.45) is 1.19. The molecule has 2 aromatic heterocycles. The number of carbonyl (C=O) groups is 1. The van der Waals surface area contributed by atoms with Crippen LogP contribution in [0.5, 0.6) is 0 Å². The van der Waals surface area contributed by atoms with E-state index in [2.05, 4.69) is 15.5 Å². The normalized spacial score (nSPS) is 10.7. The fourth-order valence-electron chi connectivity index (χ4n) is 2.27. The predicted molar refractivity (Wildman–Crippen MR) is 86.9 cm³/mol. The fraction of sp³-hybridized carbons (Fsp3) is 0.188. The highest BCUT2D eigenvalue weighted by Crippen LogP contribution is 2.13. The number of aromatic amines is 1. The number of benzene rings is 1. The Balaban J connectivity index is 1.65. The molecule has 3 aromatic rings. The molecular weight excluding hydrogens is 298 g/mol. The van der Waals surface area contributed by atoms with Crippen LogP contribution in [0.3, 0.4) is 0 Å². The molecule has 0 aliphatic rings. The van der Waals surface area contributed by atoms with Crippen molar-refractivity contribution in [2.24, 2.45) is 0 Å². The van der Waals surface area contributed by atoms with E-state index in [1.54, 1.807) is 23.5 Å². The number of thiophene rings is 1. The van der Waals surface area contributed by atoms with Crippen molar-refractivity contribution in [1.82, 2.24) is 15.5 Å². The van der Waals surface area contributed by atoms with E-state index in [0.29, 0.717) is 24.0 Å². The van der Waals surface area contributed by atoms with Gasteiger partial charge >= 0.3 is 0 Å². The summed E-state index contributed by atoms with van der Waals surface area (Å²) in [5.41, 5.74) is 0.447. The van der Waals surface area contributed by atoms with Crippen LogP contribution in [0.2, 0.25) is 0 Å². The van der Waals surface area contributed by atoms with E-state index in [1.807, 2.05) is 29.6 Å². The second kappa shape index (κ2) is 6.53. The van der Waals surface area contributed by atoms with Crippen LogP contribution in [0, 0.1) is 0 Å². The Bertz CT molecular complexity index is 840. The molecule has 112 valence electrons. The third-order valence-electron chi connectivity index (χ3n) is 3.41. The molecule has 2 heterocycles. The summed E-state index contributed by atoms with van der Waals surface area (Å²) in [6, 6.07) is 11.2. The molecule has 0 saturated carbocycles. The number of hydrogen-bond acceptors (Lipinski definition) is 4. The van der Waals surface area contributed by atoms with Gasteiger partial charge in [0.1, 0.15) is 0 Å². The molecule has 0 aliphatic carbocycles. The highest BCUT2D eigenvalue weighted by atomic mass is 32.1. The van der Waals surface area contributed by atoms with Crippen molar-refractivity contribution in [3.05, 3.63) is 62.7 Å². The maximum Gasteiger partial charge on any atom is 0.272 e. The predicted octanol–water partition coefficient (Wildman–Crippen LogP) is 2.23. The zero-order valence-electron chi connectivity index (χ0n) is 11.8. The lowest BCUT2D eigenvalue weighted by atomic mass is 10.1. The van der Waals surface area contributed by atoms with Crippen LogP contribution in [-0.2, 0) is 17.8 Å². The molecule has 0 bridgehead atoms. The summed E-state index contributed by atoms with van der Waals surface area (Å²) in [7, 11) is 0. The number of hydrogen-bond donors (Lipinski definition) is 2. The average Bonchev–Trinajstić information content (AvgIpc) is 3.06. The van der Waals surface area contributed by atoms with Gasteiger partial charge in [-0.15, -0.1) is 11.3 Å².